The molecule has 0 atom stereocenters. The van der Waals surface area contributed by atoms with Crippen LogP contribution in [0, 0.1) is 0 Å². The summed E-state index contributed by atoms with van der Waals surface area (Å²) in [5.74, 6) is 0. The van der Waals surface area contributed by atoms with Crippen molar-refractivity contribution in [1.29, 1.82) is 0 Å². The molecule has 0 aromatic rings. The Morgan fingerprint density at radius 3 is 0.718 bits per heavy atom. The summed E-state index contributed by atoms with van der Waals surface area (Å²) in [4.78, 5) is 0. The Hall–Kier alpha value is 0.880. The van der Waals surface area contributed by atoms with Gasteiger partial charge in [0.05, 0.1) is 54.9 Å². The fourth-order valence-electron chi connectivity index (χ4n) is 5.18. The average molecular weight is 687 g/mol. The minimum absolute atomic E-state index is 0. The quantitative estimate of drug-likeness (QED) is 0.0826. The van der Waals surface area contributed by atoms with Gasteiger partial charge in [-0.2, -0.15) is 0 Å². The molecular weight excluding hydrogens is 608 g/mol. The van der Waals surface area contributed by atoms with Gasteiger partial charge in [0.25, 0.3) is 0 Å². The molecule has 0 aliphatic carbocycles. The van der Waals surface area contributed by atoms with Crippen LogP contribution >= 0.6 is 0 Å². The van der Waals surface area contributed by atoms with Gasteiger partial charge in [-0.1, -0.05) is 136 Å². The molecule has 0 amide bonds. The van der Waals surface area contributed by atoms with Crippen molar-refractivity contribution in [3.63, 3.8) is 0 Å². The third kappa shape index (κ3) is 46.1. The summed E-state index contributed by atoms with van der Waals surface area (Å²) in [6.45, 7) is 11.0. The number of hydrogen-bond acceptors (Lipinski definition) is 0. The maximum Gasteiger partial charge on any atom is 0.0782 e. The van der Waals surface area contributed by atoms with Crippen LogP contribution in [0.2, 0.25) is 0 Å². The number of nitrogens with zero attached hydrogens (tertiary/aromatic N) is 2. The van der Waals surface area contributed by atoms with Crippen LogP contribution in [0.25, 0.3) is 0 Å². The molecule has 2 nitrogen and oxygen atoms in total. The van der Waals surface area contributed by atoms with E-state index in [9.17, 15) is 0 Å². The normalized spacial score (nSPS) is 11.4. The summed E-state index contributed by atoms with van der Waals surface area (Å²) >= 11 is 0. The molecule has 0 heterocycles. The number of halogens is 2. The van der Waals surface area contributed by atoms with Crippen LogP contribution in [0.15, 0.2) is 0 Å². The largest absolute Gasteiger partial charge is 1.00 e. The third-order valence-corrected chi connectivity index (χ3v) is 7.92. The lowest BCUT2D eigenvalue weighted by Crippen LogP contribution is -3.00. The van der Waals surface area contributed by atoms with Crippen LogP contribution < -0.4 is 34.0 Å². The van der Waals surface area contributed by atoms with Gasteiger partial charge >= 0.3 is 0 Å². The van der Waals surface area contributed by atoms with Gasteiger partial charge < -0.3 is 42.9 Å². The van der Waals surface area contributed by atoms with Crippen molar-refractivity contribution in [2.45, 2.75) is 175 Å². The third-order valence-electron chi connectivity index (χ3n) is 7.92. The van der Waals surface area contributed by atoms with Gasteiger partial charge in [0.1, 0.15) is 0 Å². The van der Waals surface area contributed by atoms with E-state index in [1.165, 1.54) is 178 Å². The van der Waals surface area contributed by atoms with E-state index in [-0.39, 0.29) is 34.0 Å². The Morgan fingerprint density at radius 2 is 0.487 bits per heavy atom. The first-order valence-electron chi connectivity index (χ1n) is 17.3. The molecule has 0 fully saturated rings. The zero-order valence-electron chi connectivity index (χ0n) is 28.7. The van der Waals surface area contributed by atoms with Gasteiger partial charge in [0.2, 0.25) is 0 Å². The molecule has 0 saturated heterocycles. The van der Waals surface area contributed by atoms with Crippen molar-refractivity contribution in [2.24, 2.45) is 0 Å². The second-order valence-electron chi connectivity index (χ2n) is 13.8. The molecule has 0 aromatic heterocycles. The molecule has 0 rings (SSSR count). The van der Waals surface area contributed by atoms with E-state index >= 15 is 0 Å². The number of quaternary nitrogens is 2. The summed E-state index contributed by atoms with van der Waals surface area (Å²) in [5, 5.41) is 0. The molecule has 242 valence electrons. The zero-order valence-corrected chi connectivity index (χ0v) is 31.9. The van der Waals surface area contributed by atoms with E-state index in [0.717, 1.165) is 4.48 Å². The number of rotatable bonds is 27. The highest BCUT2D eigenvalue weighted by Crippen LogP contribution is 2.13. The molecule has 0 unspecified atom stereocenters. The highest BCUT2D eigenvalue weighted by Gasteiger charge is 2.13. The van der Waals surface area contributed by atoms with Crippen molar-refractivity contribution in [3.05, 3.63) is 0 Å². The molecule has 4 heteroatoms. The summed E-state index contributed by atoms with van der Waals surface area (Å²) in [5.41, 5.74) is 0. The lowest BCUT2D eigenvalue weighted by atomic mass is 10.1. The minimum Gasteiger partial charge on any atom is -1.00 e. The molecule has 0 N–H and O–H groups in total. The first-order valence-corrected chi connectivity index (χ1v) is 17.3. The monoisotopic (exact) mass is 684 g/mol. The van der Waals surface area contributed by atoms with Gasteiger partial charge in [0, 0.05) is 0 Å². The maximum atomic E-state index is 2.41. The Bertz CT molecular complexity index is 403. The van der Waals surface area contributed by atoms with Gasteiger partial charge in [-0.05, 0) is 38.5 Å². The van der Waals surface area contributed by atoms with Crippen molar-refractivity contribution >= 4 is 0 Å². The van der Waals surface area contributed by atoms with Crippen molar-refractivity contribution < 1.29 is 42.9 Å². The smallest absolute Gasteiger partial charge is 0.0782 e. The highest BCUT2D eigenvalue weighted by molar-refractivity contribution is 4.49. The van der Waals surface area contributed by atoms with E-state index in [1.807, 2.05) is 0 Å². The predicted molar refractivity (Wildman–Crippen MR) is 173 cm³/mol. The van der Waals surface area contributed by atoms with Crippen LogP contribution in [0.4, 0.5) is 0 Å². The molecule has 0 spiro atoms. The number of hydrogen-bond donors (Lipinski definition) is 0. The van der Waals surface area contributed by atoms with E-state index < -0.39 is 0 Å². The van der Waals surface area contributed by atoms with Crippen LogP contribution in [0.3, 0.4) is 0 Å². The lowest BCUT2D eigenvalue weighted by Gasteiger charge is -2.30. The summed E-state index contributed by atoms with van der Waals surface area (Å²) in [6, 6.07) is 0. The first kappa shape index (κ1) is 46.8. The fraction of sp³-hybridized carbons (Fsp3) is 1.00. The van der Waals surface area contributed by atoms with Crippen LogP contribution in [0.1, 0.15) is 175 Å². The predicted octanol–water partition coefficient (Wildman–Crippen LogP) is 5.19. The Morgan fingerprint density at radius 1 is 0.282 bits per heavy atom. The van der Waals surface area contributed by atoms with E-state index in [1.54, 1.807) is 0 Å². The molecule has 0 aromatic carbocycles. The van der Waals surface area contributed by atoms with Gasteiger partial charge in [-0.15, -0.1) is 0 Å². The first-order chi connectivity index (χ1) is 17.7. The summed E-state index contributed by atoms with van der Waals surface area (Å²) in [7, 11) is 11.7. The van der Waals surface area contributed by atoms with Crippen LogP contribution in [-0.4, -0.2) is 63.8 Å². The van der Waals surface area contributed by atoms with E-state index in [0.29, 0.717) is 0 Å². The van der Waals surface area contributed by atoms with Crippen molar-refractivity contribution in [2.75, 3.05) is 54.9 Å². The average Bonchev–Trinajstić information content (AvgIpc) is 2.84. The molecule has 0 radical (unpaired) electrons. The summed E-state index contributed by atoms with van der Waals surface area (Å²) in [6.07, 6.45) is 34.5. The second-order valence-corrected chi connectivity index (χ2v) is 13.8. The van der Waals surface area contributed by atoms with Crippen LogP contribution in [-0.2, 0) is 0 Å². The molecule has 39 heavy (non-hydrogen) atoms. The molecule has 0 aliphatic rings. The second kappa shape index (κ2) is 35.1. The Balaban J connectivity index is -0.000000299. The zero-order chi connectivity index (χ0) is 28.1. The minimum atomic E-state index is 0. The van der Waals surface area contributed by atoms with E-state index in [4.69, 9.17) is 0 Å². The molecule has 0 aliphatic heterocycles. The Labute approximate surface area is 271 Å². The molecular formula is C35H78Br2N2. The van der Waals surface area contributed by atoms with Crippen LogP contribution in [0.5, 0.6) is 0 Å². The van der Waals surface area contributed by atoms with Gasteiger partial charge in [-0.3, -0.25) is 0 Å². The van der Waals surface area contributed by atoms with Gasteiger partial charge in [-0.25, -0.2) is 0 Å². The highest BCUT2D eigenvalue weighted by atomic mass is 79.9. The van der Waals surface area contributed by atoms with Crippen molar-refractivity contribution in [1.82, 2.24) is 0 Å². The standard InChI is InChI=1S/C18H40N.C17H38N.2BrH/c1-5-7-9-11-13-15-17-19(3,4)18-16-14-12-10-8-6-2;1-5-6-7-8-9-10-11-12-13-14-15-16-17-18(2,3)4;;/h5-18H2,1-4H3;5-17H2,1-4H3;2*1H/q2*+1;;/p-2. The summed E-state index contributed by atoms with van der Waals surface area (Å²) < 4.78 is 2.36. The Kier molecular flexibility index (Phi) is 42.1. The molecule has 0 bridgehead atoms. The maximum absolute atomic E-state index is 2.41. The topological polar surface area (TPSA) is 0 Å². The van der Waals surface area contributed by atoms with E-state index in [2.05, 4.69) is 56.0 Å². The SMILES string of the molecule is CCCCCCCCCCCCCC[N+](C)(C)C.CCCCCCCC[N+](C)(C)CCCCCCCC.[Br-].[Br-]. The number of unbranched alkanes of at least 4 members (excludes halogenated alkanes) is 21. The van der Waals surface area contributed by atoms with Gasteiger partial charge in [0.15, 0.2) is 0 Å². The van der Waals surface area contributed by atoms with Crippen molar-refractivity contribution in [3.8, 4) is 0 Å². The lowest BCUT2D eigenvalue weighted by molar-refractivity contribution is -0.890. The molecule has 0 saturated carbocycles. The fourth-order valence-corrected chi connectivity index (χ4v) is 5.18.